The molecule has 2 aromatic heterocycles. The minimum atomic E-state index is -0.908. The summed E-state index contributed by atoms with van der Waals surface area (Å²) in [6.07, 6.45) is 4.03. The summed E-state index contributed by atoms with van der Waals surface area (Å²) in [5.41, 5.74) is 0.925. The van der Waals surface area contributed by atoms with Crippen molar-refractivity contribution in [2.45, 2.75) is 12.3 Å². The van der Waals surface area contributed by atoms with Gasteiger partial charge in [-0.1, -0.05) is 0 Å². The molecule has 0 radical (unpaired) electrons. The maximum absolute atomic E-state index is 12.5. The van der Waals surface area contributed by atoms with Crippen molar-refractivity contribution < 1.29 is 19.1 Å². The van der Waals surface area contributed by atoms with Gasteiger partial charge in [0.25, 0.3) is 5.91 Å². The van der Waals surface area contributed by atoms with Crippen LogP contribution in [0.25, 0.3) is 0 Å². The predicted octanol–water partition coefficient (Wildman–Crippen LogP) is 2.00. The van der Waals surface area contributed by atoms with E-state index in [1.54, 1.807) is 17.9 Å². The lowest BCUT2D eigenvalue weighted by Crippen LogP contribution is -2.45. The van der Waals surface area contributed by atoms with Gasteiger partial charge in [0.2, 0.25) is 0 Å². The van der Waals surface area contributed by atoms with E-state index in [1.807, 2.05) is 6.20 Å². The maximum atomic E-state index is 12.5. The van der Waals surface area contributed by atoms with Crippen molar-refractivity contribution in [2.24, 2.45) is 13.0 Å². The van der Waals surface area contributed by atoms with Crippen LogP contribution in [-0.2, 0) is 11.8 Å². The fraction of sp³-hybridized carbons (Fsp3) is 0.400. The van der Waals surface area contributed by atoms with Gasteiger partial charge in [-0.2, -0.15) is 5.10 Å². The van der Waals surface area contributed by atoms with Crippen LogP contribution in [0.2, 0.25) is 5.22 Å². The van der Waals surface area contributed by atoms with Crippen LogP contribution in [0.3, 0.4) is 0 Å². The molecule has 2 aromatic rings. The second kappa shape index (κ2) is 6.08. The van der Waals surface area contributed by atoms with E-state index < -0.39 is 11.9 Å². The lowest BCUT2D eigenvalue weighted by Gasteiger charge is -2.35. The average Bonchev–Trinajstić information content (AvgIpc) is 3.14. The fourth-order valence-corrected chi connectivity index (χ4v) is 3.07. The van der Waals surface area contributed by atoms with E-state index in [-0.39, 0.29) is 29.3 Å². The van der Waals surface area contributed by atoms with Gasteiger partial charge < -0.3 is 14.4 Å². The third kappa shape index (κ3) is 3.24. The van der Waals surface area contributed by atoms with Gasteiger partial charge in [0.05, 0.1) is 12.1 Å². The molecule has 0 spiro atoms. The average molecular weight is 338 g/mol. The molecule has 1 amide bonds. The monoisotopic (exact) mass is 337 g/mol. The largest absolute Gasteiger partial charge is 0.481 e. The van der Waals surface area contributed by atoms with Crippen LogP contribution in [-0.4, -0.2) is 44.8 Å². The van der Waals surface area contributed by atoms with Crippen molar-refractivity contribution in [3.05, 3.63) is 41.1 Å². The highest BCUT2D eigenvalue weighted by atomic mass is 35.5. The normalized spacial score (nSPS) is 21.4. The first kappa shape index (κ1) is 15.6. The number of carbonyl (C=O) groups excluding carboxylic acids is 1. The van der Waals surface area contributed by atoms with E-state index in [0.29, 0.717) is 13.0 Å². The van der Waals surface area contributed by atoms with Gasteiger partial charge in [-0.15, -0.1) is 0 Å². The Morgan fingerprint density at radius 3 is 2.74 bits per heavy atom. The van der Waals surface area contributed by atoms with Crippen LogP contribution >= 0.6 is 11.6 Å². The Labute approximate surface area is 137 Å². The molecule has 23 heavy (non-hydrogen) atoms. The molecule has 8 heteroatoms. The van der Waals surface area contributed by atoms with Gasteiger partial charge in [0, 0.05) is 32.3 Å². The number of halogens is 1. The Morgan fingerprint density at radius 1 is 1.39 bits per heavy atom. The molecule has 3 heterocycles. The highest BCUT2D eigenvalue weighted by Gasteiger charge is 2.36. The van der Waals surface area contributed by atoms with Gasteiger partial charge in [-0.25, -0.2) is 0 Å². The lowest BCUT2D eigenvalue weighted by molar-refractivity contribution is -0.143. The Bertz CT molecular complexity index is 739. The molecule has 7 nitrogen and oxygen atoms in total. The molecule has 1 aliphatic rings. The number of nitrogens with zero attached hydrogens (tertiary/aromatic N) is 3. The zero-order valence-electron chi connectivity index (χ0n) is 12.5. The summed E-state index contributed by atoms with van der Waals surface area (Å²) in [7, 11) is 1.80. The van der Waals surface area contributed by atoms with E-state index >= 15 is 0 Å². The minimum Gasteiger partial charge on any atom is -0.481 e. The number of carboxylic acids is 1. The molecule has 1 fully saturated rings. The molecule has 122 valence electrons. The second-order valence-electron chi connectivity index (χ2n) is 5.73. The summed E-state index contributed by atoms with van der Waals surface area (Å²) in [6.45, 7) is 0.579. The lowest BCUT2D eigenvalue weighted by atomic mass is 9.85. The molecule has 0 aromatic carbocycles. The molecule has 2 unspecified atom stereocenters. The highest BCUT2D eigenvalue weighted by Crippen LogP contribution is 2.31. The molecule has 1 saturated heterocycles. The van der Waals surface area contributed by atoms with Crippen LogP contribution in [0, 0.1) is 5.92 Å². The van der Waals surface area contributed by atoms with Crippen LogP contribution in [0.15, 0.2) is 28.9 Å². The predicted molar refractivity (Wildman–Crippen MR) is 81.3 cm³/mol. The van der Waals surface area contributed by atoms with Gasteiger partial charge >= 0.3 is 5.97 Å². The summed E-state index contributed by atoms with van der Waals surface area (Å²) >= 11 is 5.71. The Balaban J connectivity index is 1.84. The number of amides is 1. The maximum Gasteiger partial charge on any atom is 0.308 e. The SMILES string of the molecule is Cn1cc(C2CC(C(=O)O)CN(C(=O)c3ccc(Cl)o3)C2)cn1. The van der Waals surface area contributed by atoms with Crippen LogP contribution in [0.5, 0.6) is 0 Å². The summed E-state index contributed by atoms with van der Waals surface area (Å²) in [6, 6.07) is 2.99. The second-order valence-corrected chi connectivity index (χ2v) is 6.10. The van der Waals surface area contributed by atoms with Crippen molar-refractivity contribution in [1.82, 2.24) is 14.7 Å². The number of aryl methyl sites for hydroxylation is 1. The number of carboxylic acid groups (broad SMARTS) is 1. The number of hydrogen-bond donors (Lipinski definition) is 1. The topological polar surface area (TPSA) is 88.6 Å². The van der Waals surface area contributed by atoms with Gasteiger partial charge in [0.15, 0.2) is 11.0 Å². The van der Waals surface area contributed by atoms with Crippen LogP contribution in [0.1, 0.15) is 28.5 Å². The molecule has 0 aliphatic carbocycles. The summed E-state index contributed by atoms with van der Waals surface area (Å²) in [4.78, 5) is 25.5. The van der Waals surface area contributed by atoms with E-state index in [0.717, 1.165) is 5.56 Å². The van der Waals surface area contributed by atoms with Gasteiger partial charge in [-0.3, -0.25) is 14.3 Å². The molecular formula is C15H16ClN3O4. The molecule has 3 rings (SSSR count). The molecule has 0 saturated carbocycles. The van der Waals surface area contributed by atoms with E-state index in [9.17, 15) is 14.7 Å². The van der Waals surface area contributed by atoms with Crippen LogP contribution < -0.4 is 0 Å². The third-order valence-electron chi connectivity index (χ3n) is 4.07. The molecular weight excluding hydrogens is 322 g/mol. The fourth-order valence-electron chi connectivity index (χ4n) is 2.92. The molecule has 0 bridgehead atoms. The summed E-state index contributed by atoms with van der Waals surface area (Å²) < 4.78 is 6.81. The quantitative estimate of drug-likeness (QED) is 0.925. The minimum absolute atomic E-state index is 0.0760. The van der Waals surface area contributed by atoms with Crippen LogP contribution in [0.4, 0.5) is 0 Å². The Morgan fingerprint density at radius 2 is 2.17 bits per heavy atom. The number of aromatic nitrogens is 2. The van der Waals surface area contributed by atoms with Gasteiger partial charge in [-0.05, 0) is 35.7 Å². The van der Waals surface area contributed by atoms with Crippen molar-refractivity contribution in [3.63, 3.8) is 0 Å². The van der Waals surface area contributed by atoms with E-state index in [4.69, 9.17) is 16.0 Å². The number of likely N-dealkylation sites (tertiary alicyclic amines) is 1. The number of rotatable bonds is 3. The number of aliphatic carboxylic acids is 1. The standard InChI is InChI=1S/C15H16ClN3O4/c1-18-6-11(5-17-18)9-4-10(15(21)22)8-19(7-9)14(20)12-2-3-13(16)23-12/h2-3,5-6,9-10H,4,7-8H2,1H3,(H,21,22). The summed E-state index contributed by atoms with van der Waals surface area (Å²) in [5, 5.41) is 13.6. The number of hydrogen-bond acceptors (Lipinski definition) is 4. The van der Waals surface area contributed by atoms with E-state index in [1.165, 1.54) is 17.0 Å². The molecule has 2 atom stereocenters. The zero-order valence-corrected chi connectivity index (χ0v) is 13.2. The summed E-state index contributed by atoms with van der Waals surface area (Å²) in [5.74, 6) is -1.84. The highest BCUT2D eigenvalue weighted by molar-refractivity contribution is 6.29. The Hall–Kier alpha value is -2.28. The third-order valence-corrected chi connectivity index (χ3v) is 4.27. The van der Waals surface area contributed by atoms with Crippen molar-refractivity contribution in [3.8, 4) is 0 Å². The van der Waals surface area contributed by atoms with Crippen molar-refractivity contribution >= 4 is 23.5 Å². The number of furan rings is 1. The van der Waals surface area contributed by atoms with Crippen molar-refractivity contribution in [2.75, 3.05) is 13.1 Å². The first-order valence-corrected chi connectivity index (χ1v) is 7.58. The molecule has 1 aliphatic heterocycles. The first-order valence-electron chi connectivity index (χ1n) is 7.20. The smallest absolute Gasteiger partial charge is 0.308 e. The Kier molecular flexibility index (Phi) is 4.12. The zero-order chi connectivity index (χ0) is 16.6. The first-order chi connectivity index (χ1) is 10.9. The van der Waals surface area contributed by atoms with Gasteiger partial charge in [0.1, 0.15) is 0 Å². The molecule has 1 N–H and O–H groups in total. The van der Waals surface area contributed by atoms with Crippen molar-refractivity contribution in [1.29, 1.82) is 0 Å². The number of piperidine rings is 1. The number of carbonyl (C=O) groups is 2. The van der Waals surface area contributed by atoms with E-state index in [2.05, 4.69) is 5.10 Å².